The maximum atomic E-state index is 9.55. The summed E-state index contributed by atoms with van der Waals surface area (Å²) in [7, 11) is 2.13. The van der Waals surface area contributed by atoms with Crippen molar-refractivity contribution < 1.29 is 5.11 Å². The van der Waals surface area contributed by atoms with E-state index in [2.05, 4.69) is 41.3 Å². The van der Waals surface area contributed by atoms with Crippen LogP contribution in [0.25, 0.3) is 0 Å². The van der Waals surface area contributed by atoms with Crippen LogP contribution in [0.3, 0.4) is 0 Å². The van der Waals surface area contributed by atoms with Gasteiger partial charge in [-0.2, -0.15) is 5.10 Å². The molecule has 1 aromatic carbocycles. The van der Waals surface area contributed by atoms with E-state index < -0.39 is 0 Å². The zero-order valence-corrected chi connectivity index (χ0v) is 14.2. The van der Waals surface area contributed by atoms with Gasteiger partial charge in [-0.1, -0.05) is 24.3 Å². The minimum Gasteiger partial charge on any atom is -0.388 e. The highest BCUT2D eigenvalue weighted by Gasteiger charge is 2.29. The summed E-state index contributed by atoms with van der Waals surface area (Å²) in [5, 5.41) is 14.1. The van der Waals surface area contributed by atoms with Gasteiger partial charge in [0.15, 0.2) is 10.6 Å². The van der Waals surface area contributed by atoms with Gasteiger partial charge in [0.25, 0.3) is 0 Å². The normalized spacial score (nSPS) is 20.2. The molecule has 0 saturated heterocycles. The molecule has 1 unspecified atom stereocenters. The highest BCUT2D eigenvalue weighted by molar-refractivity contribution is 7.71. The Morgan fingerprint density at radius 2 is 2.09 bits per heavy atom. The van der Waals surface area contributed by atoms with E-state index in [0.717, 1.165) is 30.5 Å². The van der Waals surface area contributed by atoms with Crippen molar-refractivity contribution in [1.29, 1.82) is 0 Å². The van der Waals surface area contributed by atoms with E-state index in [1.165, 1.54) is 11.1 Å². The van der Waals surface area contributed by atoms with E-state index in [9.17, 15) is 5.11 Å². The SMILES string of the molecule is CN(Cn1nc(CO)n(C2CC2)c1=S)C1CCc2ccccc21. The first-order chi connectivity index (χ1) is 11.2. The topological polar surface area (TPSA) is 46.2 Å². The molecule has 23 heavy (non-hydrogen) atoms. The number of benzene rings is 1. The van der Waals surface area contributed by atoms with Crippen molar-refractivity contribution in [2.45, 2.75) is 51.0 Å². The third-order valence-electron chi connectivity index (χ3n) is 4.98. The van der Waals surface area contributed by atoms with Crippen molar-refractivity contribution in [2.24, 2.45) is 0 Å². The Bertz CT molecular complexity index is 777. The van der Waals surface area contributed by atoms with Crippen molar-refractivity contribution >= 4 is 12.2 Å². The third-order valence-corrected chi connectivity index (χ3v) is 5.39. The van der Waals surface area contributed by atoms with Crippen LogP contribution in [0.1, 0.15) is 48.3 Å². The summed E-state index contributed by atoms with van der Waals surface area (Å²) >= 11 is 5.59. The molecule has 1 heterocycles. The van der Waals surface area contributed by atoms with Gasteiger partial charge in [-0.05, 0) is 56.1 Å². The molecule has 1 aromatic heterocycles. The van der Waals surface area contributed by atoms with Crippen LogP contribution in [0.15, 0.2) is 24.3 Å². The first-order valence-electron chi connectivity index (χ1n) is 8.26. The summed E-state index contributed by atoms with van der Waals surface area (Å²) in [4.78, 5) is 2.31. The predicted octanol–water partition coefficient (Wildman–Crippen LogP) is 2.82. The predicted molar refractivity (Wildman–Crippen MR) is 90.5 cm³/mol. The fourth-order valence-electron chi connectivity index (χ4n) is 3.67. The van der Waals surface area contributed by atoms with Gasteiger partial charge in [0.1, 0.15) is 6.61 Å². The highest BCUT2D eigenvalue weighted by Crippen LogP contribution is 2.37. The van der Waals surface area contributed by atoms with Crippen molar-refractivity contribution in [3.05, 3.63) is 46.0 Å². The number of aryl methyl sites for hydroxylation is 1. The maximum absolute atomic E-state index is 9.55. The monoisotopic (exact) mass is 330 g/mol. The summed E-state index contributed by atoms with van der Waals surface area (Å²) in [6, 6.07) is 9.53. The molecule has 0 amide bonds. The zero-order chi connectivity index (χ0) is 16.0. The maximum Gasteiger partial charge on any atom is 0.199 e. The summed E-state index contributed by atoms with van der Waals surface area (Å²) in [5.41, 5.74) is 2.87. The molecule has 6 heteroatoms. The molecule has 1 atom stereocenters. The molecule has 0 spiro atoms. The van der Waals surface area contributed by atoms with Crippen molar-refractivity contribution in [2.75, 3.05) is 7.05 Å². The molecule has 0 bridgehead atoms. The van der Waals surface area contributed by atoms with Gasteiger partial charge in [-0.15, -0.1) is 0 Å². The smallest absolute Gasteiger partial charge is 0.199 e. The molecule has 1 saturated carbocycles. The molecule has 1 N–H and O–H groups in total. The molecular formula is C17H22N4OS. The number of aromatic nitrogens is 3. The Labute approximate surface area is 141 Å². The van der Waals surface area contributed by atoms with Gasteiger partial charge < -0.3 is 5.11 Å². The number of hydrogen-bond acceptors (Lipinski definition) is 4. The summed E-state index contributed by atoms with van der Waals surface area (Å²) < 4.78 is 4.63. The second kappa shape index (κ2) is 5.85. The Morgan fingerprint density at radius 1 is 1.30 bits per heavy atom. The second-order valence-corrected chi connectivity index (χ2v) is 6.97. The first kappa shape index (κ1) is 15.1. The summed E-state index contributed by atoms with van der Waals surface area (Å²) in [5.74, 6) is 0.692. The molecule has 2 aliphatic rings. The lowest BCUT2D eigenvalue weighted by atomic mass is 10.1. The van der Waals surface area contributed by atoms with Gasteiger partial charge in [0.05, 0.1) is 6.67 Å². The van der Waals surface area contributed by atoms with Crippen LogP contribution in [0, 0.1) is 4.77 Å². The van der Waals surface area contributed by atoms with E-state index in [-0.39, 0.29) is 6.61 Å². The van der Waals surface area contributed by atoms with E-state index in [1.54, 1.807) is 0 Å². The van der Waals surface area contributed by atoms with Crippen LogP contribution in [0.2, 0.25) is 0 Å². The average Bonchev–Trinajstić information content (AvgIpc) is 3.22. The molecule has 4 rings (SSSR count). The third kappa shape index (κ3) is 2.65. The van der Waals surface area contributed by atoms with Crippen LogP contribution in [0.4, 0.5) is 0 Å². The van der Waals surface area contributed by atoms with Gasteiger partial charge in [0, 0.05) is 12.1 Å². The van der Waals surface area contributed by atoms with Crippen LogP contribution in [-0.2, 0) is 19.7 Å². The fourth-order valence-corrected chi connectivity index (χ4v) is 4.02. The lowest BCUT2D eigenvalue weighted by Crippen LogP contribution is -2.26. The molecule has 0 radical (unpaired) electrons. The Hall–Kier alpha value is -1.50. The minimum absolute atomic E-state index is 0.0525. The number of rotatable bonds is 5. The largest absolute Gasteiger partial charge is 0.388 e. The number of fused-ring (bicyclic) bond motifs is 1. The molecule has 2 aliphatic carbocycles. The lowest BCUT2D eigenvalue weighted by Gasteiger charge is -2.24. The lowest BCUT2D eigenvalue weighted by molar-refractivity contribution is 0.180. The van der Waals surface area contributed by atoms with E-state index in [0.29, 0.717) is 24.6 Å². The molecular weight excluding hydrogens is 308 g/mol. The van der Waals surface area contributed by atoms with Crippen molar-refractivity contribution in [1.82, 2.24) is 19.2 Å². The molecule has 2 aromatic rings. The van der Waals surface area contributed by atoms with Crippen LogP contribution < -0.4 is 0 Å². The van der Waals surface area contributed by atoms with E-state index in [1.807, 2.05) is 9.25 Å². The van der Waals surface area contributed by atoms with Gasteiger partial charge in [-0.25, -0.2) is 4.68 Å². The Balaban J connectivity index is 1.58. The second-order valence-electron chi connectivity index (χ2n) is 6.61. The zero-order valence-electron chi connectivity index (χ0n) is 13.4. The van der Waals surface area contributed by atoms with Crippen LogP contribution in [-0.4, -0.2) is 31.4 Å². The molecule has 122 valence electrons. The van der Waals surface area contributed by atoms with Crippen molar-refractivity contribution in [3.63, 3.8) is 0 Å². The average molecular weight is 330 g/mol. The molecule has 1 fully saturated rings. The minimum atomic E-state index is -0.0525. The number of aliphatic hydroxyl groups excluding tert-OH is 1. The highest BCUT2D eigenvalue weighted by atomic mass is 32.1. The number of hydrogen-bond donors (Lipinski definition) is 1. The Kier molecular flexibility index (Phi) is 3.83. The Morgan fingerprint density at radius 3 is 2.83 bits per heavy atom. The fraction of sp³-hybridized carbons (Fsp3) is 0.529. The van der Waals surface area contributed by atoms with E-state index in [4.69, 9.17) is 12.2 Å². The van der Waals surface area contributed by atoms with Gasteiger partial charge >= 0.3 is 0 Å². The van der Waals surface area contributed by atoms with E-state index >= 15 is 0 Å². The quantitative estimate of drug-likeness (QED) is 0.857. The first-order valence-corrected chi connectivity index (χ1v) is 8.67. The number of aliphatic hydroxyl groups is 1. The van der Waals surface area contributed by atoms with Gasteiger partial charge in [0.2, 0.25) is 0 Å². The van der Waals surface area contributed by atoms with Crippen molar-refractivity contribution in [3.8, 4) is 0 Å². The van der Waals surface area contributed by atoms with Crippen LogP contribution >= 0.6 is 12.2 Å². The van der Waals surface area contributed by atoms with Gasteiger partial charge in [-0.3, -0.25) is 9.47 Å². The standard InChI is InChI=1S/C17H22N4OS/c1-19(15-9-6-12-4-2-3-5-14(12)15)11-20-17(23)21(13-7-8-13)16(10-22)18-20/h2-5,13,15,22H,6-11H2,1H3. The van der Waals surface area contributed by atoms with Crippen LogP contribution in [0.5, 0.6) is 0 Å². The number of nitrogens with zero attached hydrogens (tertiary/aromatic N) is 4. The summed E-state index contributed by atoms with van der Waals surface area (Å²) in [6.07, 6.45) is 4.55. The summed E-state index contributed by atoms with van der Waals surface area (Å²) in [6.45, 7) is 0.605. The molecule has 0 aliphatic heterocycles. The molecule has 5 nitrogen and oxygen atoms in total.